The molecule has 6 aromatic rings. The first-order chi connectivity index (χ1) is 18.8. The first-order valence-corrected chi connectivity index (χ1v) is 13.9. The fraction of sp³-hybridized carbons (Fsp3) is 0.100. The second-order valence-corrected chi connectivity index (χ2v) is 11.3. The molecule has 0 bridgehead atoms. The zero-order valence-electron chi connectivity index (χ0n) is 21.3. The molecule has 6 rings (SSSR count). The highest BCUT2D eigenvalue weighted by molar-refractivity contribution is 7.89. The number of amides is 1. The number of hydrogen-bond donors (Lipinski definition) is 2. The van der Waals surface area contributed by atoms with Crippen molar-refractivity contribution in [3.63, 3.8) is 0 Å². The summed E-state index contributed by atoms with van der Waals surface area (Å²) in [7, 11) is -3.80. The Bertz CT molecular complexity index is 1980. The Hall–Kier alpha value is -4.60. The number of nitrogens with zero attached hydrogens (tertiary/aromatic N) is 3. The number of benzene rings is 4. The van der Waals surface area contributed by atoms with E-state index in [0.717, 1.165) is 33.1 Å². The molecule has 0 aliphatic carbocycles. The second-order valence-electron chi connectivity index (χ2n) is 9.50. The minimum Gasteiger partial charge on any atom is -0.325 e. The average molecular weight is 536 g/mol. The third-order valence-electron chi connectivity index (χ3n) is 6.62. The normalized spacial score (nSPS) is 11.8. The summed E-state index contributed by atoms with van der Waals surface area (Å²) in [5.41, 5.74) is 6.67. The molecule has 2 aromatic heterocycles. The number of nitrogens with one attached hydrogen (secondary N) is 2. The summed E-state index contributed by atoms with van der Waals surface area (Å²) in [6, 6.07) is 28.1. The number of fused-ring (bicyclic) bond motifs is 5. The third kappa shape index (κ3) is 4.73. The van der Waals surface area contributed by atoms with Crippen LogP contribution in [0.2, 0.25) is 0 Å². The summed E-state index contributed by atoms with van der Waals surface area (Å²) in [5, 5.41) is 9.69. The maximum atomic E-state index is 12.6. The van der Waals surface area contributed by atoms with Crippen LogP contribution >= 0.6 is 0 Å². The SMILES string of the molecule is Cc1ccc(-c2nn3c4ccc(NC(=O)CNS(=O)(=O)c5ccc(C)cc5)cc4nc3c3ccccc23)cc1. The van der Waals surface area contributed by atoms with E-state index in [1.165, 1.54) is 17.7 Å². The van der Waals surface area contributed by atoms with E-state index in [2.05, 4.69) is 41.2 Å². The number of hydrogen-bond acceptors (Lipinski definition) is 5. The predicted octanol–water partition coefficient (Wildman–Crippen LogP) is 5.24. The lowest BCUT2D eigenvalue weighted by atomic mass is 10.0. The van der Waals surface area contributed by atoms with E-state index in [0.29, 0.717) is 16.9 Å². The van der Waals surface area contributed by atoms with E-state index in [1.807, 2.05) is 41.8 Å². The van der Waals surface area contributed by atoms with Crippen LogP contribution in [-0.2, 0) is 14.8 Å². The van der Waals surface area contributed by atoms with Gasteiger partial charge in [-0.15, -0.1) is 0 Å². The molecule has 0 saturated carbocycles. The summed E-state index contributed by atoms with van der Waals surface area (Å²) in [5.74, 6) is -0.487. The number of sulfonamides is 1. The number of rotatable bonds is 6. The van der Waals surface area contributed by atoms with Gasteiger partial charge >= 0.3 is 0 Å². The summed E-state index contributed by atoms with van der Waals surface area (Å²) in [6.07, 6.45) is 0. The van der Waals surface area contributed by atoms with E-state index >= 15 is 0 Å². The molecule has 194 valence electrons. The zero-order valence-corrected chi connectivity index (χ0v) is 22.2. The Balaban J connectivity index is 1.30. The molecule has 2 heterocycles. The first kappa shape index (κ1) is 24.7. The second kappa shape index (κ2) is 9.61. The Morgan fingerprint density at radius 2 is 1.51 bits per heavy atom. The van der Waals surface area contributed by atoms with Gasteiger partial charge in [0.1, 0.15) is 0 Å². The van der Waals surface area contributed by atoms with Crippen LogP contribution in [0, 0.1) is 13.8 Å². The molecule has 0 aliphatic rings. The van der Waals surface area contributed by atoms with Gasteiger partial charge in [0, 0.05) is 22.0 Å². The van der Waals surface area contributed by atoms with Gasteiger partial charge in [0.2, 0.25) is 15.9 Å². The Kier molecular flexibility index (Phi) is 6.09. The third-order valence-corrected chi connectivity index (χ3v) is 8.03. The van der Waals surface area contributed by atoms with E-state index in [-0.39, 0.29) is 4.90 Å². The monoisotopic (exact) mass is 535 g/mol. The van der Waals surface area contributed by atoms with E-state index in [9.17, 15) is 13.2 Å². The van der Waals surface area contributed by atoms with Crippen LogP contribution in [0.25, 0.3) is 38.7 Å². The number of carbonyl (C=O) groups is 1. The first-order valence-electron chi connectivity index (χ1n) is 12.4. The van der Waals surface area contributed by atoms with Crippen LogP contribution in [0.1, 0.15) is 11.1 Å². The lowest BCUT2D eigenvalue weighted by molar-refractivity contribution is -0.115. The van der Waals surface area contributed by atoms with E-state index in [4.69, 9.17) is 10.1 Å². The van der Waals surface area contributed by atoms with Crippen LogP contribution in [-0.4, -0.2) is 35.5 Å². The van der Waals surface area contributed by atoms with E-state index in [1.54, 1.807) is 24.3 Å². The van der Waals surface area contributed by atoms with Crippen molar-refractivity contribution < 1.29 is 13.2 Å². The number of anilines is 1. The molecular weight excluding hydrogens is 510 g/mol. The quantitative estimate of drug-likeness (QED) is 0.304. The zero-order chi connectivity index (χ0) is 27.1. The molecule has 39 heavy (non-hydrogen) atoms. The maximum Gasteiger partial charge on any atom is 0.241 e. The van der Waals surface area contributed by atoms with Crippen molar-refractivity contribution >= 4 is 49.1 Å². The minimum atomic E-state index is -3.80. The van der Waals surface area contributed by atoms with Crippen molar-refractivity contribution in [3.05, 3.63) is 102 Å². The van der Waals surface area contributed by atoms with Crippen LogP contribution < -0.4 is 10.0 Å². The highest BCUT2D eigenvalue weighted by Crippen LogP contribution is 2.31. The molecule has 0 radical (unpaired) electrons. The molecule has 0 unspecified atom stereocenters. The number of imidazole rings is 1. The van der Waals surface area contributed by atoms with Crippen LogP contribution in [0.3, 0.4) is 0 Å². The van der Waals surface area contributed by atoms with Crippen molar-refractivity contribution in [2.24, 2.45) is 0 Å². The van der Waals surface area contributed by atoms with Crippen molar-refractivity contribution in [1.29, 1.82) is 0 Å². The summed E-state index contributed by atoms with van der Waals surface area (Å²) in [6.45, 7) is 3.53. The van der Waals surface area contributed by atoms with Gasteiger partial charge in [-0.2, -0.15) is 5.10 Å². The molecule has 1 amide bonds. The van der Waals surface area contributed by atoms with Gasteiger partial charge in [-0.05, 0) is 44.2 Å². The van der Waals surface area contributed by atoms with Crippen LogP contribution in [0.5, 0.6) is 0 Å². The molecule has 0 spiro atoms. The molecule has 9 heteroatoms. The smallest absolute Gasteiger partial charge is 0.241 e. The fourth-order valence-corrected chi connectivity index (χ4v) is 5.53. The minimum absolute atomic E-state index is 0.108. The molecule has 0 fully saturated rings. The number of carbonyl (C=O) groups excluding carboxylic acids is 1. The Labute approximate surface area is 225 Å². The summed E-state index contributed by atoms with van der Waals surface area (Å²) in [4.78, 5) is 17.5. The van der Waals surface area contributed by atoms with Crippen molar-refractivity contribution in [1.82, 2.24) is 19.3 Å². The number of aromatic nitrogens is 3. The molecule has 0 atom stereocenters. The van der Waals surface area contributed by atoms with Gasteiger partial charge in [-0.3, -0.25) is 4.79 Å². The van der Waals surface area contributed by atoms with Gasteiger partial charge in [0.05, 0.1) is 28.2 Å². The van der Waals surface area contributed by atoms with Gasteiger partial charge in [0.25, 0.3) is 0 Å². The Morgan fingerprint density at radius 1 is 0.846 bits per heavy atom. The van der Waals surface area contributed by atoms with E-state index < -0.39 is 22.5 Å². The molecule has 8 nitrogen and oxygen atoms in total. The highest BCUT2D eigenvalue weighted by atomic mass is 32.2. The standard InChI is InChI=1S/C30H25N5O3S/c1-19-7-11-21(12-8-19)29-24-5-3-4-6-25(24)30-33-26-17-22(13-16-27(26)35(30)34-29)32-28(36)18-31-39(37,38)23-14-9-20(2)10-15-23/h3-17,31H,18H2,1-2H3,(H,32,36). The van der Waals surface area contributed by atoms with Crippen LogP contribution in [0.15, 0.2) is 95.9 Å². The number of aryl methyl sites for hydroxylation is 2. The lowest BCUT2D eigenvalue weighted by Crippen LogP contribution is -2.32. The van der Waals surface area contributed by atoms with Crippen LogP contribution in [0.4, 0.5) is 5.69 Å². The molecule has 2 N–H and O–H groups in total. The predicted molar refractivity (Wildman–Crippen MR) is 153 cm³/mol. The lowest BCUT2D eigenvalue weighted by Gasteiger charge is -2.09. The highest BCUT2D eigenvalue weighted by Gasteiger charge is 2.17. The van der Waals surface area contributed by atoms with Crippen molar-refractivity contribution in [2.45, 2.75) is 18.7 Å². The van der Waals surface area contributed by atoms with Gasteiger partial charge in [-0.25, -0.2) is 22.6 Å². The van der Waals surface area contributed by atoms with Gasteiger partial charge in [0.15, 0.2) is 5.65 Å². The maximum absolute atomic E-state index is 12.6. The van der Waals surface area contributed by atoms with Gasteiger partial charge < -0.3 is 5.32 Å². The largest absolute Gasteiger partial charge is 0.325 e. The summed E-state index contributed by atoms with van der Waals surface area (Å²) < 4.78 is 29.2. The molecule has 4 aromatic carbocycles. The van der Waals surface area contributed by atoms with Crippen molar-refractivity contribution in [2.75, 3.05) is 11.9 Å². The summed E-state index contributed by atoms with van der Waals surface area (Å²) >= 11 is 0. The molecular formula is C30H25N5O3S. The van der Waals surface area contributed by atoms with Gasteiger partial charge in [-0.1, -0.05) is 71.8 Å². The van der Waals surface area contributed by atoms with Crippen molar-refractivity contribution in [3.8, 4) is 11.3 Å². The topological polar surface area (TPSA) is 105 Å². The average Bonchev–Trinajstić information content (AvgIpc) is 3.30. The molecule has 0 saturated heterocycles. The fourth-order valence-electron chi connectivity index (χ4n) is 4.55. The molecule has 0 aliphatic heterocycles. The Morgan fingerprint density at radius 3 is 2.23 bits per heavy atom.